The molecular weight excluding hydrogens is 246 g/mol. The van der Waals surface area contributed by atoms with Crippen molar-refractivity contribution in [1.82, 2.24) is 5.32 Å². The van der Waals surface area contributed by atoms with Gasteiger partial charge in [-0.1, -0.05) is 62.9 Å². The van der Waals surface area contributed by atoms with Crippen LogP contribution in [0.15, 0.2) is 30.3 Å². The number of carbonyl (C=O) groups excluding carboxylic acids is 1. The number of nitrogens with one attached hydrogen (secondary N) is 1. The molecule has 1 saturated carbocycles. The molecule has 0 saturated heterocycles. The lowest BCUT2D eigenvalue weighted by Gasteiger charge is -2.20. The minimum absolute atomic E-state index is 0.223. The Morgan fingerprint density at radius 2 is 1.90 bits per heavy atom. The highest BCUT2D eigenvalue weighted by atomic mass is 16.2. The number of benzene rings is 1. The van der Waals surface area contributed by atoms with E-state index in [9.17, 15) is 4.79 Å². The maximum Gasteiger partial charge on any atom is 0.230 e. The first kappa shape index (κ1) is 15.1. The van der Waals surface area contributed by atoms with Gasteiger partial charge in [0.25, 0.3) is 0 Å². The Morgan fingerprint density at radius 1 is 1.20 bits per heavy atom. The lowest BCUT2D eigenvalue weighted by atomic mass is 9.94. The van der Waals surface area contributed by atoms with Gasteiger partial charge in [-0.2, -0.15) is 0 Å². The molecule has 1 atom stereocenters. The van der Waals surface area contributed by atoms with Crippen LogP contribution < -0.4 is 5.32 Å². The fourth-order valence-electron chi connectivity index (χ4n) is 2.84. The summed E-state index contributed by atoms with van der Waals surface area (Å²) in [6.45, 7) is 4.35. The zero-order valence-corrected chi connectivity index (χ0v) is 12.8. The van der Waals surface area contributed by atoms with Crippen LogP contribution >= 0.6 is 0 Å². The van der Waals surface area contributed by atoms with Crippen LogP contribution in [0.4, 0.5) is 0 Å². The van der Waals surface area contributed by atoms with Crippen LogP contribution in [0, 0.1) is 0 Å². The first-order chi connectivity index (χ1) is 9.69. The molecule has 1 unspecified atom stereocenters. The zero-order chi connectivity index (χ0) is 14.4. The molecule has 1 aromatic carbocycles. The summed E-state index contributed by atoms with van der Waals surface area (Å²) >= 11 is 0. The molecule has 1 aliphatic carbocycles. The van der Waals surface area contributed by atoms with E-state index in [0.29, 0.717) is 6.04 Å². The molecule has 1 aliphatic rings. The van der Waals surface area contributed by atoms with Gasteiger partial charge in [0.2, 0.25) is 5.91 Å². The summed E-state index contributed by atoms with van der Waals surface area (Å²) in [5.41, 5.74) is 0.953. The Bertz CT molecular complexity index is 422. The number of hydrogen-bond acceptors (Lipinski definition) is 1. The van der Waals surface area contributed by atoms with E-state index in [1.165, 1.54) is 31.2 Å². The highest BCUT2D eigenvalue weighted by Gasteiger charge is 2.51. The van der Waals surface area contributed by atoms with E-state index in [1.807, 2.05) is 18.2 Å². The van der Waals surface area contributed by atoms with Gasteiger partial charge in [0.15, 0.2) is 0 Å². The second-order valence-electron chi connectivity index (χ2n) is 6.17. The molecule has 1 amide bonds. The fourth-order valence-corrected chi connectivity index (χ4v) is 2.84. The Morgan fingerprint density at radius 3 is 2.50 bits per heavy atom. The van der Waals surface area contributed by atoms with Gasteiger partial charge in [-0.3, -0.25) is 4.79 Å². The van der Waals surface area contributed by atoms with Crippen LogP contribution in [-0.2, 0) is 10.2 Å². The average molecular weight is 273 g/mol. The van der Waals surface area contributed by atoms with Crippen molar-refractivity contribution in [2.75, 3.05) is 0 Å². The van der Waals surface area contributed by atoms with Crippen molar-refractivity contribution in [2.45, 2.75) is 70.3 Å². The summed E-state index contributed by atoms with van der Waals surface area (Å²) in [6, 6.07) is 10.5. The first-order valence-corrected chi connectivity index (χ1v) is 8.05. The highest BCUT2D eigenvalue weighted by Crippen LogP contribution is 2.48. The van der Waals surface area contributed by atoms with E-state index in [0.717, 1.165) is 19.3 Å². The first-order valence-electron chi connectivity index (χ1n) is 8.05. The molecule has 0 aromatic heterocycles. The second kappa shape index (κ2) is 6.92. The van der Waals surface area contributed by atoms with Crippen molar-refractivity contribution in [3.8, 4) is 0 Å². The van der Waals surface area contributed by atoms with Crippen molar-refractivity contribution < 1.29 is 4.79 Å². The van der Waals surface area contributed by atoms with Gasteiger partial charge in [0, 0.05) is 6.04 Å². The molecule has 0 bridgehead atoms. The van der Waals surface area contributed by atoms with E-state index in [-0.39, 0.29) is 11.3 Å². The van der Waals surface area contributed by atoms with Crippen LogP contribution in [0.5, 0.6) is 0 Å². The lowest BCUT2D eigenvalue weighted by molar-refractivity contribution is -0.124. The third-order valence-electron chi connectivity index (χ3n) is 4.38. The Balaban J connectivity index is 1.83. The van der Waals surface area contributed by atoms with E-state index in [2.05, 4.69) is 31.3 Å². The third-order valence-corrected chi connectivity index (χ3v) is 4.38. The van der Waals surface area contributed by atoms with Gasteiger partial charge < -0.3 is 5.32 Å². The number of unbranched alkanes of at least 4 members (excludes halogenated alkanes) is 3. The molecule has 110 valence electrons. The van der Waals surface area contributed by atoms with Crippen LogP contribution in [0.1, 0.15) is 64.4 Å². The quantitative estimate of drug-likeness (QED) is 0.707. The van der Waals surface area contributed by atoms with E-state index in [1.54, 1.807) is 0 Å². The Labute approximate surface area is 123 Å². The molecule has 2 nitrogen and oxygen atoms in total. The average Bonchev–Trinajstić information content (AvgIpc) is 3.26. The predicted molar refractivity (Wildman–Crippen MR) is 83.7 cm³/mol. The summed E-state index contributed by atoms with van der Waals surface area (Å²) in [7, 11) is 0. The fraction of sp³-hybridized carbons (Fsp3) is 0.611. The van der Waals surface area contributed by atoms with Crippen LogP contribution in [0.2, 0.25) is 0 Å². The number of amides is 1. The third kappa shape index (κ3) is 3.62. The van der Waals surface area contributed by atoms with Gasteiger partial charge >= 0.3 is 0 Å². The van der Waals surface area contributed by atoms with Gasteiger partial charge in [-0.15, -0.1) is 0 Å². The molecule has 2 heteroatoms. The SMILES string of the molecule is CCCCCCC(C)NC(=O)C1(c2ccccc2)CC1. The molecule has 20 heavy (non-hydrogen) atoms. The van der Waals surface area contributed by atoms with Crippen molar-refractivity contribution in [1.29, 1.82) is 0 Å². The largest absolute Gasteiger partial charge is 0.353 e. The minimum Gasteiger partial charge on any atom is -0.353 e. The zero-order valence-electron chi connectivity index (χ0n) is 12.8. The monoisotopic (exact) mass is 273 g/mol. The van der Waals surface area contributed by atoms with Crippen molar-refractivity contribution in [2.24, 2.45) is 0 Å². The number of carbonyl (C=O) groups is 1. The van der Waals surface area contributed by atoms with Crippen LogP contribution in [0.3, 0.4) is 0 Å². The standard InChI is InChI=1S/C18H27NO/c1-3-4-5-7-10-15(2)19-17(20)18(13-14-18)16-11-8-6-9-12-16/h6,8-9,11-12,15H,3-5,7,10,13-14H2,1-2H3,(H,19,20). The van der Waals surface area contributed by atoms with Gasteiger partial charge in [-0.25, -0.2) is 0 Å². The summed E-state index contributed by atoms with van der Waals surface area (Å²) in [5.74, 6) is 0.228. The molecule has 0 heterocycles. The smallest absolute Gasteiger partial charge is 0.230 e. The molecular formula is C18H27NO. The minimum atomic E-state index is -0.223. The molecule has 0 spiro atoms. The van der Waals surface area contributed by atoms with Gasteiger partial charge in [0.1, 0.15) is 0 Å². The Hall–Kier alpha value is -1.31. The second-order valence-corrected chi connectivity index (χ2v) is 6.17. The number of hydrogen-bond donors (Lipinski definition) is 1. The van der Waals surface area contributed by atoms with Crippen LogP contribution in [0.25, 0.3) is 0 Å². The molecule has 1 fully saturated rings. The number of rotatable bonds is 8. The van der Waals surface area contributed by atoms with Crippen LogP contribution in [-0.4, -0.2) is 11.9 Å². The van der Waals surface area contributed by atoms with Crippen molar-refractivity contribution >= 4 is 5.91 Å². The summed E-state index contributed by atoms with van der Waals surface area (Å²) in [5, 5.41) is 3.22. The maximum atomic E-state index is 12.5. The molecule has 1 N–H and O–H groups in total. The van der Waals surface area contributed by atoms with Crippen molar-refractivity contribution in [3.63, 3.8) is 0 Å². The topological polar surface area (TPSA) is 29.1 Å². The highest BCUT2D eigenvalue weighted by molar-refractivity contribution is 5.91. The van der Waals surface area contributed by atoms with Crippen molar-refractivity contribution in [3.05, 3.63) is 35.9 Å². The Kier molecular flexibility index (Phi) is 5.22. The normalized spacial score (nSPS) is 17.5. The van der Waals surface area contributed by atoms with Gasteiger partial charge in [-0.05, 0) is 31.7 Å². The lowest BCUT2D eigenvalue weighted by Crippen LogP contribution is -2.40. The maximum absolute atomic E-state index is 12.5. The predicted octanol–water partition coefficient (Wildman–Crippen LogP) is 4.19. The van der Waals surface area contributed by atoms with E-state index in [4.69, 9.17) is 0 Å². The summed E-state index contributed by atoms with van der Waals surface area (Å²) < 4.78 is 0. The molecule has 0 radical (unpaired) electrons. The summed E-state index contributed by atoms with van der Waals surface area (Å²) in [4.78, 5) is 12.5. The molecule has 1 aromatic rings. The van der Waals surface area contributed by atoms with E-state index >= 15 is 0 Å². The molecule has 0 aliphatic heterocycles. The van der Waals surface area contributed by atoms with Gasteiger partial charge in [0.05, 0.1) is 5.41 Å². The van der Waals surface area contributed by atoms with E-state index < -0.39 is 0 Å². The summed E-state index contributed by atoms with van der Waals surface area (Å²) in [6.07, 6.45) is 8.13. The molecule has 2 rings (SSSR count).